The van der Waals surface area contributed by atoms with Gasteiger partial charge in [0, 0.05) is 106 Å². The summed E-state index contributed by atoms with van der Waals surface area (Å²) in [6.45, 7) is 0. The third-order valence-electron chi connectivity index (χ3n) is 0. The first kappa shape index (κ1) is 26.3. The van der Waals surface area contributed by atoms with Crippen LogP contribution in [0.25, 0.3) is 0 Å². The van der Waals surface area contributed by atoms with Crippen molar-refractivity contribution >= 4 is 106 Å². The van der Waals surface area contributed by atoms with Crippen LogP contribution in [0.15, 0.2) is 0 Å². The van der Waals surface area contributed by atoms with Crippen LogP contribution >= 0.6 is 13.5 Å². The average molecular weight is 218 g/mol. The first-order valence-electron chi connectivity index (χ1n) is 0. The minimum Gasteiger partial charge on any atom is 0 e. The second kappa shape index (κ2) is 16.2. The van der Waals surface area contributed by atoms with Crippen molar-refractivity contribution in [3.63, 3.8) is 0 Å². The molecule has 4 heavy (non-hydrogen) atoms. The third kappa shape index (κ3) is 9.04. The van der Waals surface area contributed by atoms with E-state index in [0.29, 0.717) is 0 Å². The molecule has 0 rings (SSSR count). The maximum Gasteiger partial charge on any atom is 0 e. The quantitative estimate of drug-likeness (QED) is 0.481. The van der Waals surface area contributed by atoms with Gasteiger partial charge < -0.3 is 0 Å². The molecule has 0 aromatic heterocycles. The van der Waals surface area contributed by atoms with Gasteiger partial charge >= 0.3 is 0 Å². The van der Waals surface area contributed by atoms with Crippen LogP contribution in [-0.2, 0) is 0 Å². The Kier molecular flexibility index (Phi) is 106. The first-order chi connectivity index (χ1) is 0. The van der Waals surface area contributed by atoms with E-state index < -0.39 is 0 Å². The fraction of sp³-hybridized carbons (Fsp3) is 0. The van der Waals surface area contributed by atoms with E-state index >= 15 is 0 Å². The molecule has 0 N–H and O–H groups in total. The van der Waals surface area contributed by atoms with Gasteiger partial charge in [-0.1, -0.05) is 0 Å². The fourth-order valence-electron chi connectivity index (χ4n) is 0. The van der Waals surface area contributed by atoms with E-state index in [9.17, 15) is 0 Å². The molecule has 0 spiro atoms. The van der Waals surface area contributed by atoms with E-state index in [4.69, 9.17) is 0 Å². The molecule has 0 saturated heterocycles. The van der Waals surface area contributed by atoms with Gasteiger partial charge in [0.05, 0.1) is 0 Å². The molecule has 0 saturated carbocycles. The second-order valence-corrected chi connectivity index (χ2v) is 0. The Morgan fingerprint density at radius 1 is 1.00 bits per heavy atom. The van der Waals surface area contributed by atoms with Gasteiger partial charge in [0.1, 0.15) is 0 Å². The molecule has 0 aromatic carbocycles. The number of hydrogen-bond donors (Lipinski definition) is 0. The molecule has 0 atom stereocenters. The molecule has 0 bridgehead atoms. The molecular weight excluding hydrogens is 218 g/mol. The van der Waals surface area contributed by atoms with Crippen LogP contribution in [-0.4, -0.2) is 93.0 Å². The summed E-state index contributed by atoms with van der Waals surface area (Å²) in [5.41, 5.74) is 0. The predicted molar refractivity (Wildman–Crippen MR) is 24.9 cm³/mol. The standard InChI is InChI=1S/As.Na.S.Sr. The SMILES string of the molecule is [As].[Na].[S].[Sr]. The largest absolute Gasteiger partial charge is 0 e. The molecule has 0 unspecified atom stereocenters. The molecule has 0 heterocycles. The molecule has 0 amide bonds. The maximum absolute atomic E-state index is 0. The molecule has 0 aliphatic heterocycles. The van der Waals surface area contributed by atoms with E-state index in [2.05, 4.69) is 0 Å². The van der Waals surface area contributed by atoms with E-state index in [1.807, 2.05) is 0 Å². The third-order valence-corrected chi connectivity index (χ3v) is 0. The summed E-state index contributed by atoms with van der Waals surface area (Å²) >= 11 is 0. The predicted octanol–water partition coefficient (Wildman–Crippen LogP) is -0.494. The van der Waals surface area contributed by atoms with Crippen LogP contribution in [0.1, 0.15) is 0 Å². The van der Waals surface area contributed by atoms with Crippen LogP contribution in [0.4, 0.5) is 0 Å². The summed E-state index contributed by atoms with van der Waals surface area (Å²) in [6.07, 6.45) is 0. The van der Waals surface area contributed by atoms with Gasteiger partial charge in [-0.05, 0) is 0 Å². The zero-order chi connectivity index (χ0) is 0. The second-order valence-electron chi connectivity index (χ2n) is 0. The van der Waals surface area contributed by atoms with E-state index in [0.717, 1.165) is 0 Å². The van der Waals surface area contributed by atoms with Gasteiger partial charge in [-0.2, -0.15) is 0 Å². The fourth-order valence-corrected chi connectivity index (χ4v) is 0. The minimum atomic E-state index is 0. The summed E-state index contributed by atoms with van der Waals surface area (Å²) < 4.78 is 0. The van der Waals surface area contributed by atoms with Crippen molar-refractivity contribution in [3.05, 3.63) is 0 Å². The monoisotopic (exact) mass is 218 g/mol. The van der Waals surface area contributed by atoms with Crippen molar-refractivity contribution < 1.29 is 0 Å². The van der Waals surface area contributed by atoms with Crippen LogP contribution in [0.2, 0.25) is 0 Å². The van der Waals surface area contributed by atoms with Gasteiger partial charge in [-0.25, -0.2) is 0 Å². The molecule has 0 aliphatic carbocycles. The van der Waals surface area contributed by atoms with Gasteiger partial charge in [0.2, 0.25) is 0 Å². The van der Waals surface area contributed by atoms with Crippen molar-refractivity contribution in [2.45, 2.75) is 0 Å². The van der Waals surface area contributed by atoms with Crippen LogP contribution in [0.5, 0.6) is 0 Å². The van der Waals surface area contributed by atoms with Gasteiger partial charge in [0.25, 0.3) is 0 Å². The molecule has 0 fully saturated rings. The van der Waals surface area contributed by atoms with Gasteiger partial charge in [-0.3, -0.25) is 0 Å². The van der Waals surface area contributed by atoms with Gasteiger partial charge in [-0.15, -0.1) is 0 Å². The Morgan fingerprint density at radius 2 is 1.00 bits per heavy atom. The van der Waals surface area contributed by atoms with Crippen molar-refractivity contribution in [2.24, 2.45) is 0 Å². The Labute approximate surface area is 104 Å². The Bertz CT molecular complexity index is 8.00. The summed E-state index contributed by atoms with van der Waals surface area (Å²) in [6, 6.07) is 0. The molecule has 0 aromatic rings. The number of hydrogen-bond acceptors (Lipinski definition) is 0. The molecule has 14 valence electrons. The van der Waals surface area contributed by atoms with Crippen LogP contribution in [0.3, 0.4) is 0 Å². The molecular formula is AsNaSSr. The van der Waals surface area contributed by atoms with Crippen molar-refractivity contribution in [2.75, 3.05) is 0 Å². The average Bonchev–Trinajstić information content (AvgIpc) is 0. The van der Waals surface area contributed by atoms with E-state index in [-0.39, 0.29) is 106 Å². The molecule has 4 heteroatoms. The van der Waals surface area contributed by atoms with E-state index in [1.165, 1.54) is 0 Å². The topological polar surface area (TPSA) is 0 Å². The van der Waals surface area contributed by atoms with Crippen molar-refractivity contribution in [1.29, 1.82) is 0 Å². The van der Waals surface area contributed by atoms with E-state index in [1.54, 1.807) is 0 Å². The zero-order valence-electron chi connectivity index (χ0n) is 2.56. The minimum absolute atomic E-state index is 0. The number of rotatable bonds is 0. The van der Waals surface area contributed by atoms with Crippen LogP contribution in [0, 0.1) is 0 Å². The Balaban J connectivity index is 0. The van der Waals surface area contributed by atoms with Crippen molar-refractivity contribution in [1.82, 2.24) is 0 Å². The normalized spacial score (nSPS) is 0. The summed E-state index contributed by atoms with van der Waals surface area (Å²) in [4.78, 5) is 0. The summed E-state index contributed by atoms with van der Waals surface area (Å²) in [5.74, 6) is 0. The molecule has 8 radical (unpaired) electrons. The first-order valence-corrected chi connectivity index (χ1v) is 0. The van der Waals surface area contributed by atoms with Crippen molar-refractivity contribution in [3.8, 4) is 0 Å². The summed E-state index contributed by atoms with van der Waals surface area (Å²) in [7, 11) is 0. The smallest absolute Gasteiger partial charge is 0 e. The summed E-state index contributed by atoms with van der Waals surface area (Å²) in [5, 5.41) is 0. The van der Waals surface area contributed by atoms with Gasteiger partial charge in [0.15, 0.2) is 0 Å². The van der Waals surface area contributed by atoms with Crippen LogP contribution < -0.4 is 0 Å². The zero-order valence-corrected chi connectivity index (χ0v) is 10.7. The molecule has 0 aliphatic rings. The molecule has 0 nitrogen and oxygen atoms in total. The Hall–Kier alpha value is 3.39. The maximum atomic E-state index is 0. The Morgan fingerprint density at radius 3 is 1.00 bits per heavy atom.